The highest BCUT2D eigenvalue weighted by Crippen LogP contribution is 2.34. The van der Waals surface area contributed by atoms with Gasteiger partial charge in [-0.1, -0.05) is 18.2 Å². The number of nitrogens with one attached hydrogen (secondary N) is 1. The number of ether oxygens (including phenoxy) is 2. The Morgan fingerprint density at radius 1 is 1.22 bits per heavy atom. The van der Waals surface area contributed by atoms with Crippen molar-refractivity contribution in [2.24, 2.45) is 5.73 Å². The second-order valence-electron chi connectivity index (χ2n) is 5.38. The molecule has 120 valence electrons. The van der Waals surface area contributed by atoms with Gasteiger partial charge in [-0.3, -0.25) is 4.79 Å². The van der Waals surface area contributed by atoms with E-state index in [0.717, 1.165) is 22.7 Å². The Labute approximate surface area is 135 Å². The number of benzene rings is 2. The topological polar surface area (TPSA) is 73.6 Å². The molecule has 1 atom stereocenters. The van der Waals surface area contributed by atoms with Crippen LogP contribution in [-0.2, 0) is 4.79 Å². The summed E-state index contributed by atoms with van der Waals surface area (Å²) < 4.78 is 11.0. The van der Waals surface area contributed by atoms with E-state index >= 15 is 0 Å². The van der Waals surface area contributed by atoms with Gasteiger partial charge in [0.2, 0.25) is 5.91 Å². The number of carbonyl (C=O) groups is 1. The summed E-state index contributed by atoms with van der Waals surface area (Å²) >= 11 is 0. The van der Waals surface area contributed by atoms with Gasteiger partial charge in [0.25, 0.3) is 0 Å². The molecule has 0 aromatic heterocycles. The van der Waals surface area contributed by atoms with E-state index in [0.29, 0.717) is 26.2 Å². The molecule has 3 rings (SSSR count). The number of carbonyl (C=O) groups excluding carboxylic acids is 1. The zero-order chi connectivity index (χ0) is 16.1. The summed E-state index contributed by atoms with van der Waals surface area (Å²) in [5, 5.41) is 2.96. The number of hydrogen-bond donors (Lipinski definition) is 2. The molecule has 0 radical (unpaired) electrons. The lowest BCUT2D eigenvalue weighted by atomic mass is 9.92. The minimum Gasteiger partial charge on any atom is -0.493 e. The van der Waals surface area contributed by atoms with Crippen LogP contribution in [0.3, 0.4) is 0 Å². The maximum absolute atomic E-state index is 12.6. The highest BCUT2D eigenvalue weighted by Gasteiger charge is 2.27. The van der Waals surface area contributed by atoms with Crippen LogP contribution in [0.15, 0.2) is 48.5 Å². The molecule has 1 heterocycles. The van der Waals surface area contributed by atoms with Crippen molar-refractivity contribution in [1.82, 2.24) is 0 Å². The van der Waals surface area contributed by atoms with Gasteiger partial charge in [-0.15, -0.1) is 0 Å². The SMILES string of the molecule is NCCOc1ccc(NC(=O)C2CCOc3ccccc32)cc1. The van der Waals surface area contributed by atoms with E-state index in [4.69, 9.17) is 15.2 Å². The summed E-state index contributed by atoms with van der Waals surface area (Å²) in [4.78, 5) is 12.6. The minimum atomic E-state index is -0.187. The van der Waals surface area contributed by atoms with E-state index in [2.05, 4.69) is 5.32 Å². The molecule has 2 aromatic carbocycles. The number of amides is 1. The van der Waals surface area contributed by atoms with Crippen LogP contribution in [0.1, 0.15) is 17.9 Å². The van der Waals surface area contributed by atoms with Gasteiger partial charge < -0.3 is 20.5 Å². The second kappa shape index (κ2) is 7.15. The van der Waals surface area contributed by atoms with Crippen molar-refractivity contribution < 1.29 is 14.3 Å². The molecule has 0 aliphatic carbocycles. The lowest BCUT2D eigenvalue weighted by Gasteiger charge is -2.25. The van der Waals surface area contributed by atoms with E-state index < -0.39 is 0 Å². The zero-order valence-electron chi connectivity index (χ0n) is 12.8. The largest absolute Gasteiger partial charge is 0.493 e. The molecular weight excluding hydrogens is 292 g/mol. The van der Waals surface area contributed by atoms with Crippen LogP contribution >= 0.6 is 0 Å². The maximum atomic E-state index is 12.6. The van der Waals surface area contributed by atoms with Crippen molar-refractivity contribution in [3.63, 3.8) is 0 Å². The van der Waals surface area contributed by atoms with Crippen LogP contribution in [0.4, 0.5) is 5.69 Å². The van der Waals surface area contributed by atoms with Crippen molar-refractivity contribution in [3.05, 3.63) is 54.1 Å². The first kappa shape index (κ1) is 15.4. The minimum absolute atomic E-state index is 0.0172. The molecule has 1 amide bonds. The monoisotopic (exact) mass is 312 g/mol. The van der Waals surface area contributed by atoms with Gasteiger partial charge in [-0.05, 0) is 36.8 Å². The van der Waals surface area contributed by atoms with Crippen LogP contribution in [0, 0.1) is 0 Å². The molecule has 1 unspecified atom stereocenters. The van der Waals surface area contributed by atoms with Gasteiger partial charge >= 0.3 is 0 Å². The zero-order valence-corrected chi connectivity index (χ0v) is 12.8. The molecule has 1 aliphatic heterocycles. The van der Waals surface area contributed by atoms with E-state index in [9.17, 15) is 4.79 Å². The van der Waals surface area contributed by atoms with Crippen LogP contribution in [0.5, 0.6) is 11.5 Å². The average molecular weight is 312 g/mol. The Morgan fingerprint density at radius 2 is 2.00 bits per heavy atom. The Balaban J connectivity index is 1.68. The van der Waals surface area contributed by atoms with Gasteiger partial charge in [0.1, 0.15) is 18.1 Å². The lowest BCUT2D eigenvalue weighted by Crippen LogP contribution is -2.26. The highest BCUT2D eigenvalue weighted by atomic mass is 16.5. The van der Waals surface area contributed by atoms with Crippen LogP contribution in [0.25, 0.3) is 0 Å². The lowest BCUT2D eigenvalue weighted by molar-refractivity contribution is -0.118. The van der Waals surface area contributed by atoms with E-state index in [-0.39, 0.29) is 11.8 Å². The number of fused-ring (bicyclic) bond motifs is 1. The molecule has 23 heavy (non-hydrogen) atoms. The Morgan fingerprint density at radius 3 is 2.78 bits per heavy atom. The van der Waals surface area contributed by atoms with Crippen LogP contribution in [-0.4, -0.2) is 25.7 Å². The predicted octanol–water partition coefficient (Wildman–Crippen LogP) is 2.53. The van der Waals surface area contributed by atoms with Gasteiger partial charge in [-0.2, -0.15) is 0 Å². The first-order valence-corrected chi connectivity index (χ1v) is 7.73. The maximum Gasteiger partial charge on any atom is 0.232 e. The van der Waals surface area contributed by atoms with Crippen LogP contribution < -0.4 is 20.5 Å². The summed E-state index contributed by atoms with van der Waals surface area (Å²) in [6, 6.07) is 15.0. The Kier molecular flexibility index (Phi) is 4.78. The summed E-state index contributed by atoms with van der Waals surface area (Å²) in [5.41, 5.74) is 7.09. The Hall–Kier alpha value is -2.53. The smallest absolute Gasteiger partial charge is 0.232 e. The molecule has 0 saturated heterocycles. The summed E-state index contributed by atoms with van der Waals surface area (Å²) in [7, 11) is 0. The average Bonchev–Trinajstić information content (AvgIpc) is 2.60. The third-order valence-electron chi connectivity index (χ3n) is 3.78. The fourth-order valence-electron chi connectivity index (χ4n) is 2.66. The molecule has 0 fully saturated rings. The van der Waals surface area contributed by atoms with Crippen molar-refractivity contribution >= 4 is 11.6 Å². The number of anilines is 1. The third kappa shape index (κ3) is 3.63. The number of rotatable bonds is 5. The summed E-state index contributed by atoms with van der Waals surface area (Å²) in [6.07, 6.45) is 0.681. The van der Waals surface area contributed by atoms with Crippen molar-refractivity contribution in [2.45, 2.75) is 12.3 Å². The van der Waals surface area contributed by atoms with Crippen molar-refractivity contribution in [1.29, 1.82) is 0 Å². The van der Waals surface area contributed by atoms with Crippen molar-refractivity contribution in [3.8, 4) is 11.5 Å². The Bertz CT molecular complexity index is 670. The summed E-state index contributed by atoms with van der Waals surface area (Å²) in [5.74, 6) is 1.33. The van der Waals surface area contributed by atoms with Crippen molar-refractivity contribution in [2.75, 3.05) is 25.1 Å². The molecule has 0 bridgehead atoms. The van der Waals surface area contributed by atoms with Gasteiger partial charge in [0.15, 0.2) is 0 Å². The fourth-order valence-corrected chi connectivity index (χ4v) is 2.66. The fraction of sp³-hybridized carbons (Fsp3) is 0.278. The third-order valence-corrected chi connectivity index (χ3v) is 3.78. The van der Waals surface area contributed by atoms with Crippen LogP contribution in [0.2, 0.25) is 0 Å². The molecule has 5 heteroatoms. The predicted molar refractivity (Wildman–Crippen MR) is 88.9 cm³/mol. The highest BCUT2D eigenvalue weighted by molar-refractivity contribution is 5.96. The number of nitrogens with two attached hydrogens (primary N) is 1. The standard InChI is InChI=1S/C18H20N2O3/c19-10-12-22-14-7-5-13(6-8-14)20-18(21)16-9-11-23-17-4-2-1-3-15(16)17/h1-8,16H,9-12,19H2,(H,20,21). The normalized spacial score (nSPS) is 16.1. The quantitative estimate of drug-likeness (QED) is 0.890. The molecule has 5 nitrogen and oxygen atoms in total. The molecule has 3 N–H and O–H groups in total. The first-order chi connectivity index (χ1) is 11.3. The molecule has 2 aromatic rings. The first-order valence-electron chi connectivity index (χ1n) is 7.73. The molecule has 1 aliphatic rings. The van der Waals surface area contributed by atoms with Gasteiger partial charge in [-0.25, -0.2) is 0 Å². The van der Waals surface area contributed by atoms with E-state index in [1.807, 2.05) is 48.5 Å². The molecule has 0 saturated carbocycles. The number of para-hydroxylation sites is 1. The summed E-state index contributed by atoms with van der Waals surface area (Å²) in [6.45, 7) is 1.51. The molecular formula is C18H20N2O3. The van der Waals surface area contributed by atoms with E-state index in [1.54, 1.807) is 0 Å². The number of hydrogen-bond acceptors (Lipinski definition) is 4. The van der Waals surface area contributed by atoms with Gasteiger partial charge in [0.05, 0.1) is 12.5 Å². The second-order valence-corrected chi connectivity index (χ2v) is 5.38. The van der Waals surface area contributed by atoms with Gasteiger partial charge in [0, 0.05) is 17.8 Å². The molecule has 0 spiro atoms. The van der Waals surface area contributed by atoms with E-state index in [1.165, 1.54) is 0 Å².